The van der Waals surface area contributed by atoms with E-state index in [4.69, 9.17) is 11.6 Å². The van der Waals surface area contributed by atoms with Gasteiger partial charge in [-0.1, -0.05) is 30.3 Å². The van der Waals surface area contributed by atoms with Crippen LogP contribution in [0, 0.1) is 0 Å². The summed E-state index contributed by atoms with van der Waals surface area (Å²) >= 11 is 5.74. The van der Waals surface area contributed by atoms with Gasteiger partial charge in [-0.05, 0) is 41.9 Å². The third-order valence-corrected chi connectivity index (χ3v) is 4.68. The molecular weight excluding hydrogens is 358 g/mol. The number of Topliss-reactive ketones (excluding diaryl/α,β-unsaturated/α-hetero) is 1. The molecule has 1 N–H and O–H groups in total. The molecule has 0 aliphatic heterocycles. The summed E-state index contributed by atoms with van der Waals surface area (Å²) in [6.07, 6.45) is 1.63. The zero-order chi connectivity index (χ0) is 17.6. The van der Waals surface area contributed by atoms with E-state index in [0.717, 1.165) is 0 Å². The van der Waals surface area contributed by atoms with Crippen LogP contribution < -0.4 is 4.72 Å². The van der Waals surface area contributed by atoms with E-state index in [1.165, 1.54) is 6.20 Å². The van der Waals surface area contributed by atoms with E-state index in [1.807, 2.05) is 18.2 Å². The van der Waals surface area contributed by atoms with Crippen LogP contribution in [0.3, 0.4) is 0 Å². The zero-order valence-electron chi connectivity index (χ0n) is 13.1. The van der Waals surface area contributed by atoms with Crippen molar-refractivity contribution in [2.75, 3.05) is 4.72 Å². The highest BCUT2D eigenvalue weighted by molar-refractivity contribution is 7.86. The minimum atomic E-state index is -1.40. The number of rotatable bonds is 6. The largest absolute Gasteiger partial charge is 0.301 e. The maximum atomic E-state index is 12.4. The Balaban J connectivity index is 1.72. The smallest absolute Gasteiger partial charge is 0.222 e. The molecule has 0 saturated carbocycles. The molecule has 3 aromatic rings. The molecular formula is C18H14ClN3O2S. The summed E-state index contributed by atoms with van der Waals surface area (Å²) in [6, 6.07) is 17.6. The van der Waals surface area contributed by atoms with E-state index in [9.17, 15) is 9.00 Å². The monoisotopic (exact) mass is 371 g/mol. The highest BCUT2D eigenvalue weighted by atomic mass is 35.5. The molecule has 0 amide bonds. The Morgan fingerprint density at radius 1 is 1.08 bits per heavy atom. The van der Waals surface area contributed by atoms with Crippen molar-refractivity contribution in [2.45, 2.75) is 11.3 Å². The maximum Gasteiger partial charge on any atom is 0.222 e. The molecule has 25 heavy (non-hydrogen) atoms. The number of nitrogens with one attached hydrogen (secondary N) is 1. The third kappa shape index (κ3) is 4.71. The van der Waals surface area contributed by atoms with Crippen LogP contribution in [0.2, 0.25) is 5.28 Å². The maximum absolute atomic E-state index is 12.4. The van der Waals surface area contributed by atoms with Gasteiger partial charge in [0.1, 0.15) is 11.0 Å². The quantitative estimate of drug-likeness (QED) is 0.530. The molecule has 1 unspecified atom stereocenters. The Labute approximate surface area is 152 Å². The first-order valence-electron chi connectivity index (χ1n) is 7.46. The summed E-state index contributed by atoms with van der Waals surface area (Å²) in [5.74, 6) is -0.107. The molecule has 1 heterocycles. The highest BCUT2D eigenvalue weighted by Crippen LogP contribution is 2.16. The molecule has 0 aliphatic carbocycles. The van der Waals surface area contributed by atoms with Gasteiger partial charge >= 0.3 is 0 Å². The highest BCUT2D eigenvalue weighted by Gasteiger charge is 2.10. The van der Waals surface area contributed by atoms with Crippen molar-refractivity contribution >= 4 is 34.1 Å². The van der Waals surface area contributed by atoms with Crippen LogP contribution in [0.15, 0.2) is 71.8 Å². The SMILES string of the molecule is O=C(Cc1ccnc(Cl)n1)c1cccc(NS(=O)c2ccccc2)c1. The van der Waals surface area contributed by atoms with Crippen molar-refractivity contribution in [1.29, 1.82) is 0 Å². The number of hydrogen-bond donors (Lipinski definition) is 1. The Hall–Kier alpha value is -2.57. The first kappa shape index (κ1) is 17.3. The molecule has 0 saturated heterocycles. The van der Waals surface area contributed by atoms with Crippen LogP contribution in [0.4, 0.5) is 5.69 Å². The normalized spacial score (nSPS) is 11.7. The predicted molar refractivity (Wildman–Crippen MR) is 98.0 cm³/mol. The van der Waals surface area contributed by atoms with Gasteiger partial charge in [-0.2, -0.15) is 0 Å². The molecule has 5 nitrogen and oxygen atoms in total. The molecule has 1 atom stereocenters. The first-order chi connectivity index (χ1) is 12.1. The molecule has 7 heteroatoms. The molecule has 0 aliphatic rings. The second-order valence-corrected chi connectivity index (χ2v) is 6.73. The lowest BCUT2D eigenvalue weighted by Crippen LogP contribution is -2.08. The van der Waals surface area contributed by atoms with E-state index in [0.29, 0.717) is 21.8 Å². The van der Waals surface area contributed by atoms with Crippen LogP contribution in [-0.4, -0.2) is 20.0 Å². The summed E-state index contributed by atoms with van der Waals surface area (Å²) < 4.78 is 15.2. The van der Waals surface area contributed by atoms with E-state index in [2.05, 4.69) is 14.7 Å². The summed E-state index contributed by atoms with van der Waals surface area (Å²) in [6.45, 7) is 0. The average molecular weight is 372 g/mol. The van der Waals surface area contributed by atoms with E-state index >= 15 is 0 Å². The predicted octanol–water partition coefficient (Wildman–Crippen LogP) is 3.69. The van der Waals surface area contributed by atoms with Crippen molar-refractivity contribution in [1.82, 2.24) is 9.97 Å². The fourth-order valence-electron chi connectivity index (χ4n) is 2.20. The number of nitrogens with zero attached hydrogens (tertiary/aromatic N) is 2. The van der Waals surface area contributed by atoms with Crippen molar-refractivity contribution in [2.24, 2.45) is 0 Å². The molecule has 0 spiro atoms. The fraction of sp³-hybridized carbons (Fsp3) is 0.0556. The zero-order valence-corrected chi connectivity index (χ0v) is 14.6. The van der Waals surface area contributed by atoms with E-state index in [-0.39, 0.29) is 17.5 Å². The Morgan fingerprint density at radius 3 is 2.64 bits per heavy atom. The molecule has 0 fully saturated rings. The number of hydrogen-bond acceptors (Lipinski definition) is 4. The van der Waals surface area contributed by atoms with Gasteiger partial charge in [0.2, 0.25) is 5.28 Å². The topological polar surface area (TPSA) is 72.0 Å². The van der Waals surface area contributed by atoms with E-state index in [1.54, 1.807) is 42.5 Å². The first-order valence-corrected chi connectivity index (χ1v) is 8.99. The fourth-order valence-corrected chi connectivity index (χ4v) is 3.23. The Morgan fingerprint density at radius 2 is 1.88 bits per heavy atom. The number of anilines is 1. The van der Waals surface area contributed by atoms with Gasteiger partial charge in [-0.25, -0.2) is 14.2 Å². The lowest BCUT2D eigenvalue weighted by atomic mass is 10.1. The van der Waals surface area contributed by atoms with Crippen molar-refractivity contribution in [3.8, 4) is 0 Å². The van der Waals surface area contributed by atoms with E-state index < -0.39 is 11.0 Å². The average Bonchev–Trinajstić information content (AvgIpc) is 2.62. The van der Waals surface area contributed by atoms with Crippen LogP contribution in [0.25, 0.3) is 0 Å². The summed E-state index contributed by atoms with van der Waals surface area (Å²) in [5.41, 5.74) is 1.66. The van der Waals surface area contributed by atoms with Gasteiger partial charge in [-0.3, -0.25) is 4.79 Å². The number of halogens is 1. The van der Waals surface area contributed by atoms with Gasteiger partial charge in [0, 0.05) is 17.4 Å². The number of carbonyl (C=O) groups is 1. The van der Waals surface area contributed by atoms with Crippen molar-refractivity contribution in [3.63, 3.8) is 0 Å². The van der Waals surface area contributed by atoms with Gasteiger partial charge in [0.15, 0.2) is 5.78 Å². The van der Waals surface area contributed by atoms with Gasteiger partial charge < -0.3 is 4.72 Å². The summed E-state index contributed by atoms with van der Waals surface area (Å²) in [4.78, 5) is 20.9. The second kappa shape index (κ2) is 8.00. The lowest BCUT2D eigenvalue weighted by molar-refractivity contribution is 0.0992. The molecule has 126 valence electrons. The van der Waals surface area contributed by atoms with Crippen LogP contribution >= 0.6 is 11.6 Å². The molecule has 2 aromatic carbocycles. The van der Waals surface area contributed by atoms with Gasteiger partial charge in [-0.15, -0.1) is 0 Å². The van der Waals surface area contributed by atoms with Gasteiger partial charge in [0.25, 0.3) is 0 Å². The number of carbonyl (C=O) groups excluding carboxylic acids is 1. The van der Waals surface area contributed by atoms with Gasteiger partial charge in [0.05, 0.1) is 17.0 Å². The number of aromatic nitrogens is 2. The number of ketones is 1. The third-order valence-electron chi connectivity index (χ3n) is 3.38. The molecule has 0 bridgehead atoms. The van der Waals surface area contributed by atoms with Crippen LogP contribution in [-0.2, 0) is 17.4 Å². The summed E-state index contributed by atoms with van der Waals surface area (Å²) in [7, 11) is -1.40. The standard InChI is InChI=1S/C18H14ClN3O2S/c19-18-20-10-9-14(21-18)12-17(23)13-5-4-6-15(11-13)22-25(24)16-7-2-1-3-8-16/h1-11,22H,12H2. The van der Waals surface area contributed by atoms with Crippen LogP contribution in [0.5, 0.6) is 0 Å². The minimum Gasteiger partial charge on any atom is -0.301 e. The number of benzene rings is 2. The summed E-state index contributed by atoms with van der Waals surface area (Å²) in [5, 5.41) is 0.110. The molecule has 0 radical (unpaired) electrons. The minimum absolute atomic E-state index is 0.107. The molecule has 3 rings (SSSR count). The Kier molecular flexibility index (Phi) is 5.53. The lowest BCUT2D eigenvalue weighted by Gasteiger charge is -2.08. The Bertz CT molecular complexity index is 919. The van der Waals surface area contributed by atoms with Crippen molar-refractivity contribution < 1.29 is 9.00 Å². The molecule has 1 aromatic heterocycles. The van der Waals surface area contributed by atoms with Crippen molar-refractivity contribution in [3.05, 3.63) is 83.4 Å². The van der Waals surface area contributed by atoms with Crippen LogP contribution in [0.1, 0.15) is 16.1 Å². The second-order valence-electron chi connectivity index (χ2n) is 5.18.